The van der Waals surface area contributed by atoms with Crippen molar-refractivity contribution in [2.45, 2.75) is 25.8 Å². The summed E-state index contributed by atoms with van der Waals surface area (Å²) < 4.78 is 26.1. The van der Waals surface area contributed by atoms with Crippen molar-refractivity contribution in [1.82, 2.24) is 4.90 Å². The molecule has 18 heavy (non-hydrogen) atoms. The molecule has 0 atom stereocenters. The summed E-state index contributed by atoms with van der Waals surface area (Å²) in [5.74, 6) is -1.42. The number of carbonyl (C=O) groups is 1. The first kappa shape index (κ1) is 14.6. The number of hydrogen-bond acceptors (Lipinski definition) is 2. The third-order valence-electron chi connectivity index (χ3n) is 2.63. The molecule has 5 heteroatoms. The Morgan fingerprint density at radius 1 is 1.39 bits per heavy atom. The first-order chi connectivity index (χ1) is 8.21. The zero-order valence-corrected chi connectivity index (χ0v) is 10.8. The van der Waals surface area contributed by atoms with Crippen molar-refractivity contribution in [3.8, 4) is 0 Å². The summed E-state index contributed by atoms with van der Waals surface area (Å²) in [6, 6.07) is 3.42. The molecule has 0 radical (unpaired) electrons. The molecule has 0 aromatic heterocycles. The third kappa shape index (κ3) is 3.77. The number of benzene rings is 1. The average molecular weight is 256 g/mol. The second-order valence-corrected chi connectivity index (χ2v) is 4.93. The second kappa shape index (κ2) is 5.44. The lowest BCUT2D eigenvalue weighted by molar-refractivity contribution is -0.134. The van der Waals surface area contributed by atoms with Crippen LogP contribution in [0.4, 0.5) is 8.78 Å². The molecule has 0 fully saturated rings. The van der Waals surface area contributed by atoms with Crippen LogP contribution in [0.2, 0.25) is 0 Å². The second-order valence-electron chi connectivity index (χ2n) is 4.93. The molecule has 0 aliphatic carbocycles. The lowest BCUT2D eigenvalue weighted by Crippen LogP contribution is -2.50. The molecule has 0 saturated heterocycles. The van der Waals surface area contributed by atoms with E-state index in [-0.39, 0.29) is 5.91 Å². The van der Waals surface area contributed by atoms with Gasteiger partial charge in [0.15, 0.2) is 0 Å². The topological polar surface area (TPSA) is 46.3 Å². The highest BCUT2D eigenvalue weighted by atomic mass is 19.1. The molecule has 1 amide bonds. The van der Waals surface area contributed by atoms with Gasteiger partial charge in [0.05, 0.1) is 5.54 Å². The molecule has 0 spiro atoms. The molecule has 0 heterocycles. The molecule has 0 unspecified atom stereocenters. The Kier molecular flexibility index (Phi) is 4.40. The largest absolute Gasteiger partial charge is 0.344 e. The van der Waals surface area contributed by atoms with E-state index in [4.69, 9.17) is 5.73 Å². The Morgan fingerprint density at radius 3 is 2.50 bits per heavy atom. The van der Waals surface area contributed by atoms with Gasteiger partial charge in [0.1, 0.15) is 11.6 Å². The lowest BCUT2D eigenvalue weighted by Gasteiger charge is -2.25. The van der Waals surface area contributed by atoms with Crippen LogP contribution in [0.1, 0.15) is 19.4 Å². The number of halogens is 2. The van der Waals surface area contributed by atoms with Crippen LogP contribution in [-0.2, 0) is 11.2 Å². The minimum atomic E-state index is -0.948. The van der Waals surface area contributed by atoms with E-state index < -0.39 is 17.2 Å². The molecule has 0 bridgehead atoms. The van der Waals surface area contributed by atoms with Crippen molar-refractivity contribution in [3.05, 3.63) is 35.4 Å². The number of carbonyl (C=O) groups excluding carboxylic acids is 1. The summed E-state index contributed by atoms with van der Waals surface area (Å²) in [5.41, 5.74) is 5.12. The molecule has 100 valence electrons. The number of hydrogen-bond donors (Lipinski definition) is 1. The minimum Gasteiger partial charge on any atom is -0.344 e. The van der Waals surface area contributed by atoms with Crippen LogP contribution < -0.4 is 5.73 Å². The Bertz CT molecular complexity index is 441. The molecule has 1 rings (SSSR count). The Morgan fingerprint density at radius 2 is 2.00 bits per heavy atom. The quantitative estimate of drug-likeness (QED) is 0.891. The van der Waals surface area contributed by atoms with Crippen molar-refractivity contribution < 1.29 is 13.6 Å². The van der Waals surface area contributed by atoms with Gasteiger partial charge < -0.3 is 10.6 Å². The Balaban J connectivity index is 2.63. The normalized spacial score (nSPS) is 11.4. The van der Waals surface area contributed by atoms with Crippen molar-refractivity contribution in [1.29, 1.82) is 0 Å². The molecule has 1 aromatic rings. The first-order valence-corrected chi connectivity index (χ1v) is 5.70. The predicted molar refractivity (Wildman–Crippen MR) is 66.0 cm³/mol. The fraction of sp³-hybridized carbons (Fsp3) is 0.462. The van der Waals surface area contributed by atoms with Gasteiger partial charge in [-0.3, -0.25) is 4.79 Å². The highest BCUT2D eigenvalue weighted by molar-refractivity contribution is 5.84. The third-order valence-corrected chi connectivity index (χ3v) is 2.63. The van der Waals surface area contributed by atoms with E-state index in [1.165, 1.54) is 17.0 Å². The van der Waals surface area contributed by atoms with Gasteiger partial charge >= 0.3 is 0 Å². The summed E-state index contributed by atoms with van der Waals surface area (Å²) in [7, 11) is 1.61. The van der Waals surface area contributed by atoms with E-state index in [2.05, 4.69) is 0 Å². The van der Waals surface area contributed by atoms with E-state index in [9.17, 15) is 13.6 Å². The molecule has 2 N–H and O–H groups in total. The zero-order valence-electron chi connectivity index (χ0n) is 10.8. The van der Waals surface area contributed by atoms with Gasteiger partial charge in [-0.15, -0.1) is 0 Å². The maximum atomic E-state index is 13.4. The van der Waals surface area contributed by atoms with Gasteiger partial charge in [-0.2, -0.15) is 0 Å². The van der Waals surface area contributed by atoms with Crippen LogP contribution >= 0.6 is 0 Å². The Labute approximate surface area is 106 Å². The van der Waals surface area contributed by atoms with Gasteiger partial charge in [0, 0.05) is 19.7 Å². The summed E-state index contributed by atoms with van der Waals surface area (Å²) in [6.07, 6.45) is 0.324. The Hall–Kier alpha value is -1.49. The van der Waals surface area contributed by atoms with E-state index in [0.29, 0.717) is 18.5 Å². The number of rotatable bonds is 4. The first-order valence-electron chi connectivity index (χ1n) is 5.70. The highest BCUT2D eigenvalue weighted by Crippen LogP contribution is 2.11. The fourth-order valence-corrected chi connectivity index (χ4v) is 1.61. The smallest absolute Gasteiger partial charge is 0.241 e. The molecule has 1 aromatic carbocycles. The van der Waals surface area contributed by atoms with Gasteiger partial charge in [-0.05, 0) is 31.9 Å². The summed E-state index contributed by atoms with van der Waals surface area (Å²) >= 11 is 0. The average Bonchev–Trinajstić information content (AvgIpc) is 2.25. The summed E-state index contributed by atoms with van der Waals surface area (Å²) in [6.45, 7) is 3.57. The summed E-state index contributed by atoms with van der Waals surface area (Å²) in [4.78, 5) is 13.2. The van der Waals surface area contributed by atoms with Gasteiger partial charge in [-0.25, -0.2) is 8.78 Å². The fourth-order valence-electron chi connectivity index (χ4n) is 1.61. The van der Waals surface area contributed by atoms with E-state index in [1.807, 2.05) is 0 Å². The molecular formula is C13H18F2N2O. The van der Waals surface area contributed by atoms with Crippen molar-refractivity contribution >= 4 is 5.91 Å². The zero-order chi connectivity index (χ0) is 13.9. The molecular weight excluding hydrogens is 238 g/mol. The van der Waals surface area contributed by atoms with Crippen LogP contribution in [0.3, 0.4) is 0 Å². The highest BCUT2D eigenvalue weighted by Gasteiger charge is 2.25. The summed E-state index contributed by atoms with van der Waals surface area (Å²) in [5, 5.41) is 0. The molecule has 0 aliphatic heterocycles. The monoisotopic (exact) mass is 256 g/mol. The maximum absolute atomic E-state index is 13.4. The van der Waals surface area contributed by atoms with Crippen LogP contribution in [0.25, 0.3) is 0 Å². The number of nitrogens with zero attached hydrogens (tertiary/aromatic N) is 1. The molecule has 0 saturated carbocycles. The van der Waals surface area contributed by atoms with Crippen LogP contribution in [0, 0.1) is 11.6 Å². The van der Waals surface area contributed by atoms with Crippen molar-refractivity contribution in [2.75, 3.05) is 13.6 Å². The molecule has 3 nitrogen and oxygen atoms in total. The standard InChI is InChI=1S/C13H18F2N2O/c1-13(2,16)12(18)17(3)7-6-9-4-5-10(14)8-11(9)15/h4-5,8H,6-7,16H2,1-3H3. The van der Waals surface area contributed by atoms with Crippen molar-refractivity contribution in [2.24, 2.45) is 5.73 Å². The molecule has 0 aliphatic rings. The number of likely N-dealkylation sites (N-methyl/N-ethyl adjacent to an activating group) is 1. The van der Waals surface area contributed by atoms with E-state index in [1.54, 1.807) is 20.9 Å². The van der Waals surface area contributed by atoms with Crippen molar-refractivity contribution in [3.63, 3.8) is 0 Å². The van der Waals surface area contributed by atoms with Crippen LogP contribution in [0.15, 0.2) is 18.2 Å². The SMILES string of the molecule is CN(CCc1ccc(F)cc1F)C(=O)C(C)(C)N. The predicted octanol–water partition coefficient (Wildman–Crippen LogP) is 1.70. The van der Waals surface area contributed by atoms with Crippen LogP contribution in [0.5, 0.6) is 0 Å². The van der Waals surface area contributed by atoms with E-state index >= 15 is 0 Å². The lowest BCUT2D eigenvalue weighted by atomic mass is 10.1. The number of nitrogens with two attached hydrogens (primary N) is 1. The van der Waals surface area contributed by atoms with Gasteiger partial charge in [0.25, 0.3) is 0 Å². The minimum absolute atomic E-state index is 0.218. The van der Waals surface area contributed by atoms with E-state index in [0.717, 1.165) is 6.07 Å². The van der Waals surface area contributed by atoms with Crippen LogP contribution in [-0.4, -0.2) is 29.9 Å². The number of amides is 1. The maximum Gasteiger partial charge on any atom is 0.241 e. The van der Waals surface area contributed by atoms with Gasteiger partial charge in [0.2, 0.25) is 5.91 Å². The van der Waals surface area contributed by atoms with Gasteiger partial charge in [-0.1, -0.05) is 6.07 Å².